The molecule has 26 nitrogen and oxygen atoms in total. The minimum Gasteiger partial charge on any atom is -0.481 e. The van der Waals surface area contributed by atoms with Crippen LogP contribution in [-0.4, -0.2) is 196 Å². The zero-order valence-electron chi connectivity index (χ0n) is 65.2. The number of carboxylic acids is 1. The standard InChI is InChI=1S/C41H48F3N7O6.C34H40N6O3.C8H11F3O4/c1-4-7-30(48-39(54)56-2)37(52)51-21-6-9-35(51)36-46-24-33(47-36)28-16-14-26(15-17-28)25-10-12-27(13-11-25)29-22-32(45-23-29)34-8-5-20-50(34)38(53)31(49-40(55)57-3)18-19-41(42,43)44;1-3-6-28(39-34(42)43-2)33(41)40-18-5-8-31(40)32-37-21-30(38-32)25-15-13-23(14-16-25)22-9-11-24(12-10-22)26-19-29(36-20-26)27-7-4-17-35-27;1-15-6(12)4-5(7(13)14)2-3-8(9,10)11/h10-17,23-24,30-31,34-35H,4-9,18-22H2,1-3H3,(H,46,47)(H,48,54)(H,49,55);9-16,20-21,27-28,31,35H,3-8,17-19H2,1-2H3,(H,37,38)(H,39,42);5H,2-4H2,1H3,(H,13,14)/t30-,31-,34-,35-;27-,28-,31-;5-/m001/s1. The fraction of sp³-hybridized carbons (Fsp3) is 0.470. The van der Waals surface area contributed by atoms with Crippen molar-refractivity contribution in [3.8, 4) is 44.8 Å². The number of nitrogens with zero attached hydrogens (tertiary/aromatic N) is 7. The van der Waals surface area contributed by atoms with Crippen LogP contribution in [0.2, 0.25) is 0 Å². The molecule has 32 heteroatoms. The van der Waals surface area contributed by atoms with Crippen molar-refractivity contribution in [2.45, 2.75) is 190 Å². The Morgan fingerprint density at radius 3 is 1.22 bits per heavy atom. The second kappa shape index (κ2) is 40.2. The van der Waals surface area contributed by atoms with E-state index in [4.69, 9.17) is 19.6 Å². The molecule has 8 atom stereocenters. The molecule has 6 aromatic rings. The van der Waals surface area contributed by atoms with Gasteiger partial charge >= 0.3 is 42.6 Å². The molecule has 6 aliphatic rings. The maximum atomic E-state index is 13.5. The van der Waals surface area contributed by atoms with E-state index in [-0.39, 0.29) is 29.9 Å². The van der Waals surface area contributed by atoms with E-state index in [0.29, 0.717) is 63.6 Å². The van der Waals surface area contributed by atoms with Gasteiger partial charge < -0.3 is 70.0 Å². The Morgan fingerprint density at radius 2 is 0.843 bits per heavy atom. The number of likely N-dealkylation sites (tertiary alicyclic amines) is 3. The lowest BCUT2D eigenvalue weighted by Gasteiger charge is -2.29. The molecule has 4 aromatic carbocycles. The van der Waals surface area contributed by atoms with Crippen molar-refractivity contribution in [2.24, 2.45) is 15.9 Å². The number of alkyl carbamates (subject to hydrolysis) is 3. The van der Waals surface area contributed by atoms with E-state index in [9.17, 15) is 64.7 Å². The third kappa shape index (κ3) is 23.3. The number of imidazole rings is 2. The lowest BCUT2D eigenvalue weighted by molar-refractivity contribution is -0.155. The molecule has 0 aliphatic carbocycles. The highest BCUT2D eigenvalue weighted by molar-refractivity contribution is 6.04. The van der Waals surface area contributed by atoms with Gasteiger partial charge in [-0.3, -0.25) is 34.0 Å². The van der Waals surface area contributed by atoms with Gasteiger partial charge in [-0.15, -0.1) is 0 Å². The molecule has 115 heavy (non-hydrogen) atoms. The van der Waals surface area contributed by atoms with E-state index in [1.54, 1.807) is 17.3 Å². The van der Waals surface area contributed by atoms with E-state index in [1.807, 2.05) is 79.7 Å². The van der Waals surface area contributed by atoms with Crippen LogP contribution in [0.3, 0.4) is 0 Å². The zero-order valence-corrected chi connectivity index (χ0v) is 65.2. The molecule has 6 amide bonds. The number of aromatic nitrogens is 4. The normalized spacial score (nSPS) is 18.9. The number of aliphatic imine (C=N–C) groups is 2. The fourth-order valence-electron chi connectivity index (χ4n) is 15.2. The Balaban J connectivity index is 0.000000211. The number of aliphatic carboxylic acids is 1. The molecule has 8 heterocycles. The summed E-state index contributed by atoms with van der Waals surface area (Å²) in [5, 5.41) is 19.8. The lowest BCUT2D eigenvalue weighted by atomic mass is 9.96. The molecule has 0 unspecified atom stereocenters. The van der Waals surface area contributed by atoms with E-state index in [0.717, 1.165) is 128 Å². The van der Waals surface area contributed by atoms with Crippen molar-refractivity contribution < 1.29 is 88.8 Å². The topological polar surface area (TPSA) is 334 Å². The first-order valence-corrected chi connectivity index (χ1v) is 38.8. The summed E-state index contributed by atoms with van der Waals surface area (Å²) in [5.41, 5.74) is 14.5. The molecule has 0 saturated carbocycles. The van der Waals surface area contributed by atoms with E-state index in [2.05, 4.69) is 104 Å². The van der Waals surface area contributed by atoms with E-state index in [1.165, 1.54) is 54.4 Å². The number of aromatic amines is 2. The molecule has 2 aromatic heterocycles. The van der Waals surface area contributed by atoms with Crippen LogP contribution in [-0.2, 0) is 42.9 Å². The highest BCUT2D eigenvalue weighted by atomic mass is 19.4. The number of H-pyrrole nitrogens is 2. The van der Waals surface area contributed by atoms with E-state index < -0.39 is 105 Å². The number of carboxylic acid groups (broad SMARTS) is 1. The summed E-state index contributed by atoms with van der Waals surface area (Å²) in [6.45, 7) is 6.62. The SMILES string of the molecule is CCC[C@H](NC(=O)OC)C(=O)N1CCC[C@H]1c1ncc(-c2ccc(-c3ccc(C4=CN=C([C@@H]5CCCN5)C4)cc3)cc2)[nH]1.CCC[C@H](NC(=O)OC)C(=O)N1CCC[C@H]1c1ncc(-c2ccc(-c3ccc(C4=CN=C([C@@H]5CCCN5C(=O)[C@H](CCC(F)(F)F)NC(=O)OC)C4)cc3)cc2)[nH]1.COC(=O)C[C@@H](CCC(F)(F)F)C(=O)O. The van der Waals surface area contributed by atoms with Crippen molar-refractivity contribution in [1.29, 1.82) is 0 Å². The third-order valence-corrected chi connectivity index (χ3v) is 21.3. The van der Waals surface area contributed by atoms with Gasteiger partial charge in [0.25, 0.3) is 0 Å². The second-order valence-electron chi connectivity index (χ2n) is 29.1. The van der Waals surface area contributed by atoms with Crippen LogP contribution in [0.1, 0.15) is 171 Å². The molecule has 4 fully saturated rings. The summed E-state index contributed by atoms with van der Waals surface area (Å²) in [6, 6.07) is 30.4. The number of hydrogen-bond acceptors (Lipinski definition) is 17. The summed E-state index contributed by atoms with van der Waals surface area (Å²) in [6.07, 6.45) is 3.15. The van der Waals surface area contributed by atoms with Gasteiger partial charge in [0.1, 0.15) is 29.8 Å². The van der Waals surface area contributed by atoms with Gasteiger partial charge in [-0.05, 0) is 139 Å². The largest absolute Gasteiger partial charge is 0.481 e. The molecule has 6 aliphatic heterocycles. The quantitative estimate of drug-likeness (QED) is 0.0143. The maximum Gasteiger partial charge on any atom is 0.407 e. The average Bonchev–Trinajstić information content (AvgIpc) is 1.69. The molecule has 12 rings (SSSR count). The molecule has 4 saturated heterocycles. The van der Waals surface area contributed by atoms with Crippen LogP contribution >= 0.6 is 0 Å². The first-order chi connectivity index (χ1) is 55.2. The fourth-order valence-corrected chi connectivity index (χ4v) is 15.2. The summed E-state index contributed by atoms with van der Waals surface area (Å²) in [4.78, 5) is 128. The minimum absolute atomic E-state index is 0.0916. The van der Waals surface area contributed by atoms with Crippen molar-refractivity contribution in [1.82, 2.24) is 55.9 Å². The number of nitrogens with one attached hydrogen (secondary N) is 6. The molecular formula is C83H99F6N13O13. The number of carbonyl (C=O) groups is 8. The monoisotopic (exact) mass is 1600 g/mol. The molecule has 0 spiro atoms. The van der Waals surface area contributed by atoms with Crippen molar-refractivity contribution >= 4 is 70.5 Å². The van der Waals surface area contributed by atoms with Gasteiger partial charge in [0.05, 0.1) is 82.7 Å². The summed E-state index contributed by atoms with van der Waals surface area (Å²) < 4.78 is 92.7. The Bertz CT molecular complexity index is 4480. The highest BCUT2D eigenvalue weighted by Crippen LogP contribution is 2.38. The van der Waals surface area contributed by atoms with Gasteiger partial charge in [-0.2, -0.15) is 26.3 Å². The van der Waals surface area contributed by atoms with Crippen LogP contribution in [0.25, 0.3) is 55.9 Å². The maximum absolute atomic E-state index is 13.5. The molecular weight excluding hydrogens is 1500 g/mol. The predicted molar refractivity (Wildman–Crippen MR) is 418 cm³/mol. The summed E-state index contributed by atoms with van der Waals surface area (Å²) in [7, 11) is 4.73. The van der Waals surface area contributed by atoms with Crippen LogP contribution < -0.4 is 21.3 Å². The summed E-state index contributed by atoms with van der Waals surface area (Å²) >= 11 is 0. The summed E-state index contributed by atoms with van der Waals surface area (Å²) in [5.74, 6) is -2.95. The minimum atomic E-state index is -4.48. The number of carbonyl (C=O) groups excluding carboxylic acids is 7. The number of amides is 6. The number of rotatable bonds is 27. The molecule has 0 bridgehead atoms. The number of benzene rings is 4. The van der Waals surface area contributed by atoms with Crippen LogP contribution in [0.4, 0.5) is 40.7 Å². The van der Waals surface area contributed by atoms with Gasteiger partial charge in [0.15, 0.2) is 0 Å². The Morgan fingerprint density at radius 1 is 0.478 bits per heavy atom. The van der Waals surface area contributed by atoms with Crippen molar-refractivity contribution in [3.63, 3.8) is 0 Å². The predicted octanol–water partition coefficient (Wildman–Crippen LogP) is 14.6. The highest BCUT2D eigenvalue weighted by Gasteiger charge is 2.42. The second-order valence-corrected chi connectivity index (χ2v) is 29.1. The molecule has 7 N–H and O–H groups in total. The smallest absolute Gasteiger partial charge is 0.407 e. The van der Waals surface area contributed by atoms with Crippen molar-refractivity contribution in [2.75, 3.05) is 54.6 Å². The molecule has 0 radical (unpaired) electrons. The van der Waals surface area contributed by atoms with Crippen LogP contribution in [0, 0.1) is 5.92 Å². The Kier molecular flexibility index (Phi) is 30.2. The van der Waals surface area contributed by atoms with Gasteiger partial charge in [-0.1, -0.05) is 124 Å². The van der Waals surface area contributed by atoms with Crippen LogP contribution in [0.15, 0.2) is 132 Å². The number of methoxy groups -OCH3 is 4. The number of hydrogen-bond donors (Lipinski definition) is 7. The number of ether oxygens (including phenoxy) is 4. The Hall–Kier alpha value is -11.2. The average molecular weight is 1600 g/mol. The van der Waals surface area contributed by atoms with Gasteiger partial charge in [0.2, 0.25) is 17.7 Å². The Labute approximate surface area is 662 Å². The third-order valence-electron chi connectivity index (χ3n) is 21.3. The number of alkyl halides is 6. The zero-order chi connectivity index (χ0) is 82.5. The number of halogens is 6. The number of allylic oxidation sites excluding steroid dienone is 2. The number of esters is 1. The first kappa shape index (κ1) is 86.2. The van der Waals surface area contributed by atoms with Gasteiger partial charge in [0, 0.05) is 75.2 Å². The lowest BCUT2D eigenvalue weighted by Crippen LogP contribution is -2.51. The van der Waals surface area contributed by atoms with Crippen molar-refractivity contribution in [3.05, 3.63) is 145 Å². The van der Waals surface area contributed by atoms with E-state index >= 15 is 0 Å². The van der Waals surface area contributed by atoms with Gasteiger partial charge in [-0.25, -0.2) is 24.4 Å². The first-order valence-electron chi connectivity index (χ1n) is 38.8. The molecule has 616 valence electrons. The van der Waals surface area contributed by atoms with Crippen LogP contribution in [0.5, 0.6) is 0 Å².